The summed E-state index contributed by atoms with van der Waals surface area (Å²) in [6, 6.07) is 16.4. The largest absolute Gasteiger partial charge is 0.497 e. The maximum absolute atomic E-state index is 12.4. The third kappa shape index (κ3) is 6.47. The summed E-state index contributed by atoms with van der Waals surface area (Å²) < 4.78 is 10.6. The predicted octanol–water partition coefficient (Wildman–Crippen LogP) is 3.86. The standard InChI is InChI=1S/C26H35N3O3/c1-31-25-8-2-20(3-9-25)18-26(30)28-23-4-6-24(7-5-23)29-14-10-22(11-15-29)27-19-21-12-16-32-17-13-21/h2-9,21-22,27H,10-19H2,1H3,(H,28,30). The van der Waals surface area contributed by atoms with E-state index in [1.807, 2.05) is 36.4 Å². The predicted molar refractivity (Wildman–Crippen MR) is 129 cm³/mol. The topological polar surface area (TPSA) is 62.8 Å². The van der Waals surface area contributed by atoms with Crippen molar-refractivity contribution in [1.29, 1.82) is 0 Å². The average molecular weight is 438 g/mol. The van der Waals surface area contributed by atoms with E-state index in [0.717, 1.165) is 55.8 Å². The number of hydrogen-bond acceptors (Lipinski definition) is 5. The second kappa shape index (κ2) is 11.3. The molecule has 0 spiro atoms. The van der Waals surface area contributed by atoms with Gasteiger partial charge in [-0.1, -0.05) is 12.1 Å². The van der Waals surface area contributed by atoms with E-state index in [1.165, 1.54) is 31.4 Å². The highest BCUT2D eigenvalue weighted by atomic mass is 16.5. The summed E-state index contributed by atoms with van der Waals surface area (Å²) in [6.07, 6.45) is 5.07. The van der Waals surface area contributed by atoms with E-state index in [0.29, 0.717) is 12.5 Å². The molecule has 2 aliphatic heterocycles. The van der Waals surface area contributed by atoms with Gasteiger partial charge in [-0.15, -0.1) is 0 Å². The molecule has 0 aliphatic carbocycles. The Hall–Kier alpha value is -2.57. The second-order valence-corrected chi connectivity index (χ2v) is 8.85. The maximum atomic E-state index is 12.4. The van der Waals surface area contributed by atoms with E-state index in [1.54, 1.807) is 7.11 Å². The van der Waals surface area contributed by atoms with Crippen LogP contribution in [0.4, 0.5) is 11.4 Å². The molecular formula is C26H35N3O3. The van der Waals surface area contributed by atoms with Gasteiger partial charge in [0.15, 0.2) is 0 Å². The molecule has 2 aliphatic rings. The number of benzene rings is 2. The first-order valence-electron chi connectivity index (χ1n) is 11.8. The van der Waals surface area contributed by atoms with Crippen molar-refractivity contribution in [3.8, 4) is 5.75 Å². The molecule has 0 atom stereocenters. The monoisotopic (exact) mass is 437 g/mol. The molecule has 4 rings (SSSR count). The van der Waals surface area contributed by atoms with Gasteiger partial charge in [0, 0.05) is 43.7 Å². The van der Waals surface area contributed by atoms with Crippen LogP contribution in [0.15, 0.2) is 48.5 Å². The Kier molecular flexibility index (Phi) is 8.02. The van der Waals surface area contributed by atoms with Crippen molar-refractivity contribution in [3.05, 3.63) is 54.1 Å². The Bertz CT molecular complexity index is 840. The third-order valence-corrected chi connectivity index (χ3v) is 6.57. The average Bonchev–Trinajstić information content (AvgIpc) is 2.85. The zero-order valence-electron chi connectivity index (χ0n) is 19.0. The lowest BCUT2D eigenvalue weighted by Crippen LogP contribution is -2.44. The molecule has 6 heteroatoms. The number of nitrogens with zero attached hydrogens (tertiary/aromatic N) is 1. The highest BCUT2D eigenvalue weighted by Gasteiger charge is 2.21. The van der Waals surface area contributed by atoms with Crippen LogP contribution < -0.4 is 20.3 Å². The van der Waals surface area contributed by atoms with Gasteiger partial charge in [0.05, 0.1) is 13.5 Å². The summed E-state index contributed by atoms with van der Waals surface area (Å²) in [5, 5.41) is 6.78. The van der Waals surface area contributed by atoms with Crippen molar-refractivity contribution >= 4 is 17.3 Å². The number of anilines is 2. The fourth-order valence-electron chi connectivity index (χ4n) is 4.52. The minimum absolute atomic E-state index is 0.0145. The van der Waals surface area contributed by atoms with Gasteiger partial charge in [0.1, 0.15) is 5.75 Å². The lowest BCUT2D eigenvalue weighted by Gasteiger charge is -2.35. The van der Waals surface area contributed by atoms with Gasteiger partial charge in [-0.2, -0.15) is 0 Å². The molecule has 0 aromatic heterocycles. The fourth-order valence-corrected chi connectivity index (χ4v) is 4.52. The summed E-state index contributed by atoms with van der Waals surface area (Å²) in [7, 11) is 1.64. The van der Waals surface area contributed by atoms with Gasteiger partial charge in [-0.05, 0) is 80.1 Å². The van der Waals surface area contributed by atoms with Crippen LogP contribution in [-0.4, -0.2) is 51.9 Å². The van der Waals surface area contributed by atoms with Crippen LogP contribution in [0.1, 0.15) is 31.2 Å². The molecule has 0 unspecified atom stereocenters. The van der Waals surface area contributed by atoms with Crippen molar-refractivity contribution in [3.63, 3.8) is 0 Å². The zero-order chi connectivity index (χ0) is 22.2. The molecular weight excluding hydrogens is 402 g/mol. The Labute approximate surface area is 191 Å². The smallest absolute Gasteiger partial charge is 0.228 e. The number of carbonyl (C=O) groups is 1. The van der Waals surface area contributed by atoms with Gasteiger partial charge in [0.2, 0.25) is 5.91 Å². The van der Waals surface area contributed by atoms with Gasteiger partial charge >= 0.3 is 0 Å². The van der Waals surface area contributed by atoms with E-state index in [-0.39, 0.29) is 5.91 Å². The first kappa shape index (κ1) is 22.6. The van der Waals surface area contributed by atoms with Crippen molar-refractivity contribution in [2.45, 2.75) is 38.1 Å². The number of carbonyl (C=O) groups excluding carboxylic acids is 1. The molecule has 32 heavy (non-hydrogen) atoms. The number of hydrogen-bond donors (Lipinski definition) is 2. The van der Waals surface area contributed by atoms with E-state index in [2.05, 4.69) is 27.7 Å². The molecule has 0 saturated carbocycles. The van der Waals surface area contributed by atoms with E-state index in [4.69, 9.17) is 9.47 Å². The van der Waals surface area contributed by atoms with Crippen LogP contribution in [0, 0.1) is 5.92 Å². The SMILES string of the molecule is COc1ccc(CC(=O)Nc2ccc(N3CCC(NCC4CCOCC4)CC3)cc2)cc1. The number of ether oxygens (including phenoxy) is 2. The lowest BCUT2D eigenvalue weighted by atomic mass is 9.98. The molecule has 2 saturated heterocycles. The van der Waals surface area contributed by atoms with Gasteiger partial charge in [-0.3, -0.25) is 4.79 Å². The summed E-state index contributed by atoms with van der Waals surface area (Å²) >= 11 is 0. The number of methoxy groups -OCH3 is 1. The lowest BCUT2D eigenvalue weighted by molar-refractivity contribution is -0.115. The van der Waals surface area contributed by atoms with Crippen molar-refractivity contribution in [2.24, 2.45) is 5.92 Å². The Morgan fingerprint density at radius 2 is 1.69 bits per heavy atom. The Morgan fingerprint density at radius 1 is 1.00 bits per heavy atom. The van der Waals surface area contributed by atoms with Gasteiger partial charge in [-0.25, -0.2) is 0 Å². The van der Waals surface area contributed by atoms with Crippen LogP contribution in [0.2, 0.25) is 0 Å². The maximum Gasteiger partial charge on any atom is 0.228 e. The summed E-state index contributed by atoms with van der Waals surface area (Å²) in [4.78, 5) is 14.8. The molecule has 2 N–H and O–H groups in total. The molecule has 172 valence electrons. The molecule has 0 radical (unpaired) electrons. The van der Waals surface area contributed by atoms with Gasteiger partial charge < -0.3 is 25.0 Å². The van der Waals surface area contributed by atoms with Crippen molar-refractivity contribution in [2.75, 3.05) is 50.2 Å². The van der Waals surface area contributed by atoms with E-state index in [9.17, 15) is 4.79 Å². The van der Waals surface area contributed by atoms with E-state index >= 15 is 0 Å². The normalized spacial score (nSPS) is 17.8. The van der Waals surface area contributed by atoms with Crippen molar-refractivity contribution < 1.29 is 14.3 Å². The molecule has 2 aromatic rings. The molecule has 2 fully saturated rings. The van der Waals surface area contributed by atoms with Crippen LogP contribution in [0.25, 0.3) is 0 Å². The fraction of sp³-hybridized carbons (Fsp3) is 0.500. The van der Waals surface area contributed by atoms with Crippen LogP contribution in [-0.2, 0) is 16.0 Å². The summed E-state index contributed by atoms with van der Waals surface area (Å²) in [5.41, 5.74) is 3.02. The molecule has 1 amide bonds. The van der Waals surface area contributed by atoms with Crippen LogP contribution in [0.5, 0.6) is 5.75 Å². The quantitative estimate of drug-likeness (QED) is 0.657. The minimum Gasteiger partial charge on any atom is -0.497 e. The minimum atomic E-state index is -0.0145. The summed E-state index contributed by atoms with van der Waals surface area (Å²) in [6.45, 7) is 5.09. The Balaban J connectivity index is 1.20. The zero-order valence-corrected chi connectivity index (χ0v) is 19.0. The number of amides is 1. The second-order valence-electron chi connectivity index (χ2n) is 8.85. The van der Waals surface area contributed by atoms with Crippen LogP contribution in [0.3, 0.4) is 0 Å². The third-order valence-electron chi connectivity index (χ3n) is 6.57. The molecule has 2 heterocycles. The Morgan fingerprint density at radius 3 is 2.34 bits per heavy atom. The molecule has 2 aromatic carbocycles. The summed E-state index contributed by atoms with van der Waals surface area (Å²) in [5.74, 6) is 1.55. The number of rotatable bonds is 8. The number of piperidine rings is 1. The highest BCUT2D eigenvalue weighted by molar-refractivity contribution is 5.92. The first-order chi connectivity index (χ1) is 15.7. The van der Waals surface area contributed by atoms with Gasteiger partial charge in [0.25, 0.3) is 0 Å². The first-order valence-corrected chi connectivity index (χ1v) is 11.8. The van der Waals surface area contributed by atoms with Crippen molar-refractivity contribution in [1.82, 2.24) is 5.32 Å². The molecule has 6 nitrogen and oxygen atoms in total. The number of nitrogens with one attached hydrogen (secondary N) is 2. The van der Waals surface area contributed by atoms with E-state index < -0.39 is 0 Å². The van der Waals surface area contributed by atoms with Crippen LogP contribution >= 0.6 is 0 Å². The highest BCUT2D eigenvalue weighted by Crippen LogP contribution is 2.23. The molecule has 0 bridgehead atoms.